The molecule has 0 aromatic carbocycles. The highest BCUT2D eigenvalue weighted by Gasteiger charge is 2.24. The molecule has 2 fully saturated rings. The molecule has 2 aliphatic heterocycles. The van der Waals surface area contributed by atoms with Crippen molar-refractivity contribution in [3.05, 3.63) is 0 Å². The van der Waals surface area contributed by atoms with E-state index in [2.05, 4.69) is 40.9 Å². The molecule has 2 atom stereocenters. The lowest BCUT2D eigenvalue weighted by Crippen LogP contribution is -2.43. The summed E-state index contributed by atoms with van der Waals surface area (Å²) in [5, 5.41) is 3.33. The number of rotatable bonds is 7. The van der Waals surface area contributed by atoms with Crippen LogP contribution in [0.4, 0.5) is 0 Å². The minimum Gasteiger partial charge on any atom is -0.370 e. The minimum absolute atomic E-state index is 0. The fraction of sp³-hybridized carbons (Fsp3) is 0.941. The first-order chi connectivity index (χ1) is 10.6. The zero-order valence-electron chi connectivity index (χ0n) is 15.1. The fourth-order valence-electron chi connectivity index (χ4n) is 3.79. The Morgan fingerprint density at radius 1 is 1.30 bits per heavy atom. The van der Waals surface area contributed by atoms with Crippen molar-refractivity contribution in [3.63, 3.8) is 0 Å². The van der Waals surface area contributed by atoms with Gasteiger partial charge in [0.2, 0.25) is 0 Å². The van der Waals surface area contributed by atoms with E-state index in [1.807, 2.05) is 0 Å². The smallest absolute Gasteiger partial charge is 0.188 e. The van der Waals surface area contributed by atoms with Crippen molar-refractivity contribution < 1.29 is 0 Å². The largest absolute Gasteiger partial charge is 0.370 e. The van der Waals surface area contributed by atoms with Crippen molar-refractivity contribution in [3.8, 4) is 0 Å². The molecule has 5 nitrogen and oxygen atoms in total. The third-order valence-corrected chi connectivity index (χ3v) is 4.94. The summed E-state index contributed by atoms with van der Waals surface area (Å²) in [5.41, 5.74) is 6.04. The van der Waals surface area contributed by atoms with Crippen LogP contribution < -0.4 is 11.1 Å². The third-order valence-electron chi connectivity index (χ3n) is 4.94. The lowest BCUT2D eigenvalue weighted by Gasteiger charge is -2.23. The monoisotopic (exact) mass is 437 g/mol. The van der Waals surface area contributed by atoms with E-state index in [0.29, 0.717) is 17.9 Å². The Morgan fingerprint density at radius 3 is 2.78 bits per heavy atom. The second kappa shape index (κ2) is 10.7. The van der Waals surface area contributed by atoms with Crippen LogP contribution in [0.2, 0.25) is 0 Å². The van der Waals surface area contributed by atoms with Crippen LogP contribution in [-0.4, -0.2) is 67.6 Å². The minimum atomic E-state index is 0. The molecule has 3 N–H and O–H groups in total. The molecule has 2 saturated heterocycles. The molecule has 0 aliphatic carbocycles. The van der Waals surface area contributed by atoms with E-state index in [0.717, 1.165) is 25.6 Å². The summed E-state index contributed by atoms with van der Waals surface area (Å²) in [4.78, 5) is 9.66. The first kappa shape index (κ1) is 21.0. The van der Waals surface area contributed by atoms with Gasteiger partial charge >= 0.3 is 0 Å². The summed E-state index contributed by atoms with van der Waals surface area (Å²) in [5.74, 6) is 2.06. The average molecular weight is 437 g/mol. The van der Waals surface area contributed by atoms with Gasteiger partial charge in [-0.05, 0) is 50.7 Å². The lowest BCUT2D eigenvalue weighted by molar-refractivity contribution is 0.267. The maximum absolute atomic E-state index is 6.04. The molecule has 2 rings (SSSR count). The van der Waals surface area contributed by atoms with Gasteiger partial charge in [-0.25, -0.2) is 0 Å². The molecule has 136 valence electrons. The van der Waals surface area contributed by atoms with E-state index in [-0.39, 0.29) is 24.0 Å². The average Bonchev–Trinajstić information content (AvgIpc) is 3.10. The molecule has 0 aromatic heterocycles. The Morgan fingerprint density at radius 2 is 2.09 bits per heavy atom. The highest BCUT2D eigenvalue weighted by Crippen LogP contribution is 2.18. The van der Waals surface area contributed by atoms with Gasteiger partial charge in [0.05, 0.1) is 0 Å². The Kier molecular flexibility index (Phi) is 9.77. The number of nitrogens with two attached hydrogens (primary N) is 1. The van der Waals surface area contributed by atoms with Crippen molar-refractivity contribution in [1.82, 2.24) is 15.1 Å². The topological polar surface area (TPSA) is 56.9 Å². The van der Waals surface area contributed by atoms with Gasteiger partial charge in [0.1, 0.15) is 0 Å². The molecule has 2 heterocycles. The van der Waals surface area contributed by atoms with Crippen LogP contribution in [0.25, 0.3) is 0 Å². The molecule has 0 bridgehead atoms. The normalized spacial score (nSPS) is 26.7. The fourth-order valence-corrected chi connectivity index (χ4v) is 3.79. The molecule has 2 unspecified atom stereocenters. The Bertz CT molecular complexity index is 361. The SMILES string of the molecule is CCN1CCCC1CNC(N)=NCC1CCN(CC(C)C)C1.I. The van der Waals surface area contributed by atoms with Crippen LogP contribution in [0.5, 0.6) is 0 Å². The highest BCUT2D eigenvalue weighted by molar-refractivity contribution is 14.0. The Labute approximate surface area is 159 Å². The van der Waals surface area contributed by atoms with E-state index in [9.17, 15) is 0 Å². The van der Waals surface area contributed by atoms with Gasteiger partial charge in [0.15, 0.2) is 5.96 Å². The quantitative estimate of drug-likeness (QED) is 0.363. The van der Waals surface area contributed by atoms with Crippen molar-refractivity contribution in [1.29, 1.82) is 0 Å². The summed E-state index contributed by atoms with van der Waals surface area (Å²) < 4.78 is 0. The molecule has 0 aromatic rings. The van der Waals surface area contributed by atoms with E-state index < -0.39 is 0 Å². The van der Waals surface area contributed by atoms with Crippen LogP contribution in [0.1, 0.15) is 40.0 Å². The van der Waals surface area contributed by atoms with E-state index in [4.69, 9.17) is 5.73 Å². The van der Waals surface area contributed by atoms with Crippen LogP contribution in [0.15, 0.2) is 4.99 Å². The summed E-state index contributed by atoms with van der Waals surface area (Å²) in [6, 6.07) is 0.631. The van der Waals surface area contributed by atoms with Gasteiger partial charge < -0.3 is 16.0 Å². The number of hydrogen-bond donors (Lipinski definition) is 2. The van der Waals surface area contributed by atoms with E-state index >= 15 is 0 Å². The van der Waals surface area contributed by atoms with Gasteiger partial charge in [-0.15, -0.1) is 24.0 Å². The molecule has 0 radical (unpaired) electrons. The number of aliphatic imine (C=N–C) groups is 1. The maximum atomic E-state index is 6.04. The number of nitrogens with one attached hydrogen (secondary N) is 1. The van der Waals surface area contributed by atoms with E-state index in [1.165, 1.54) is 45.4 Å². The summed E-state index contributed by atoms with van der Waals surface area (Å²) in [6.45, 7) is 14.6. The summed E-state index contributed by atoms with van der Waals surface area (Å²) in [7, 11) is 0. The van der Waals surface area contributed by atoms with E-state index in [1.54, 1.807) is 0 Å². The molecular weight excluding hydrogens is 401 g/mol. The molecule has 0 amide bonds. The lowest BCUT2D eigenvalue weighted by atomic mass is 10.1. The Balaban J connectivity index is 0.00000264. The van der Waals surface area contributed by atoms with Gasteiger partial charge in [-0.3, -0.25) is 9.89 Å². The van der Waals surface area contributed by atoms with Crippen molar-refractivity contribution in [2.45, 2.75) is 46.1 Å². The number of likely N-dealkylation sites (tertiary alicyclic amines) is 2. The van der Waals surface area contributed by atoms with Crippen molar-refractivity contribution in [2.75, 3.05) is 45.8 Å². The zero-order chi connectivity index (χ0) is 15.9. The Hall–Kier alpha value is -0.0800. The number of nitrogens with zero attached hydrogens (tertiary/aromatic N) is 3. The van der Waals surface area contributed by atoms with Crippen LogP contribution >= 0.6 is 24.0 Å². The highest BCUT2D eigenvalue weighted by atomic mass is 127. The second-order valence-electron chi connectivity index (χ2n) is 7.34. The van der Waals surface area contributed by atoms with Crippen molar-refractivity contribution >= 4 is 29.9 Å². The predicted octanol–water partition coefficient (Wildman–Crippen LogP) is 1.97. The van der Waals surface area contributed by atoms with Gasteiger partial charge in [0, 0.05) is 32.2 Å². The van der Waals surface area contributed by atoms with Crippen molar-refractivity contribution in [2.24, 2.45) is 22.6 Å². The number of halogens is 1. The summed E-state index contributed by atoms with van der Waals surface area (Å²) >= 11 is 0. The maximum Gasteiger partial charge on any atom is 0.188 e. The van der Waals surface area contributed by atoms with Crippen LogP contribution in [-0.2, 0) is 0 Å². The summed E-state index contributed by atoms with van der Waals surface area (Å²) in [6.07, 6.45) is 3.85. The molecule has 0 saturated carbocycles. The molecular formula is C17H36IN5. The molecule has 2 aliphatic rings. The molecule has 0 spiro atoms. The molecule has 6 heteroatoms. The standard InChI is InChI=1S/C17H35N5.HI/c1-4-22-8-5-6-16(22)11-20-17(18)19-10-15-7-9-21(13-15)12-14(2)3;/h14-16H,4-13H2,1-3H3,(H3,18,19,20);1H. The van der Waals surface area contributed by atoms with Crippen LogP contribution in [0.3, 0.4) is 0 Å². The predicted molar refractivity (Wildman–Crippen MR) is 110 cm³/mol. The third kappa shape index (κ3) is 7.13. The molecule has 23 heavy (non-hydrogen) atoms. The van der Waals surface area contributed by atoms with Gasteiger partial charge in [-0.2, -0.15) is 0 Å². The first-order valence-electron chi connectivity index (χ1n) is 9.08. The number of likely N-dealkylation sites (N-methyl/N-ethyl adjacent to an activating group) is 1. The van der Waals surface area contributed by atoms with Crippen LogP contribution in [0, 0.1) is 11.8 Å². The van der Waals surface area contributed by atoms with Gasteiger partial charge in [-0.1, -0.05) is 20.8 Å². The zero-order valence-corrected chi connectivity index (χ0v) is 17.5. The number of guanidine groups is 1. The first-order valence-corrected chi connectivity index (χ1v) is 9.08. The number of hydrogen-bond acceptors (Lipinski definition) is 3. The van der Waals surface area contributed by atoms with Gasteiger partial charge in [0.25, 0.3) is 0 Å². The second-order valence-corrected chi connectivity index (χ2v) is 7.34.